The van der Waals surface area contributed by atoms with Gasteiger partial charge in [0.15, 0.2) is 0 Å². The topological polar surface area (TPSA) is 71.2 Å². The Morgan fingerprint density at radius 1 is 1.08 bits per heavy atom. The third-order valence-corrected chi connectivity index (χ3v) is 4.39. The van der Waals surface area contributed by atoms with Gasteiger partial charge in [-0.2, -0.15) is 0 Å². The summed E-state index contributed by atoms with van der Waals surface area (Å²) in [6, 6.07) is 17.6. The molecule has 0 aliphatic carbocycles. The number of anilines is 2. The summed E-state index contributed by atoms with van der Waals surface area (Å²) in [5.41, 5.74) is 11.9. The fourth-order valence-electron chi connectivity index (χ4n) is 2.93. The number of aryl methyl sites for hydroxylation is 3. The summed E-state index contributed by atoms with van der Waals surface area (Å²) in [5, 5.41) is 13.4. The number of benzene rings is 2. The van der Waals surface area contributed by atoms with Crippen molar-refractivity contribution in [3.8, 4) is 16.9 Å². The van der Waals surface area contributed by atoms with Gasteiger partial charge in [0.1, 0.15) is 11.6 Å². The molecule has 0 radical (unpaired) electrons. The average Bonchev–Trinajstić information content (AvgIpc) is 2.63. The number of pyridine rings is 1. The number of nitrogens with zero attached hydrogens (tertiary/aromatic N) is 1. The highest BCUT2D eigenvalue weighted by Gasteiger charge is 2.08. The molecular weight excluding hydrogens is 322 g/mol. The second-order valence-electron chi connectivity index (χ2n) is 6.28. The van der Waals surface area contributed by atoms with Crippen molar-refractivity contribution in [1.82, 2.24) is 4.98 Å². The monoisotopic (exact) mass is 345 g/mol. The SMILES string of the molecule is C=CNc1cc(-c2ccc(O)c(CCc3cccc(N)n3)c2)ccc1C. The van der Waals surface area contributed by atoms with Crippen LogP contribution in [0.5, 0.6) is 5.75 Å². The van der Waals surface area contributed by atoms with Gasteiger partial charge in [-0.1, -0.05) is 30.8 Å². The van der Waals surface area contributed by atoms with Crippen molar-refractivity contribution in [2.24, 2.45) is 0 Å². The second-order valence-corrected chi connectivity index (χ2v) is 6.28. The van der Waals surface area contributed by atoms with E-state index in [2.05, 4.69) is 42.0 Å². The molecule has 3 aromatic rings. The lowest BCUT2D eigenvalue weighted by atomic mass is 9.98. The molecule has 1 aromatic heterocycles. The van der Waals surface area contributed by atoms with Crippen LogP contribution in [0.25, 0.3) is 11.1 Å². The molecule has 0 fully saturated rings. The van der Waals surface area contributed by atoms with Crippen LogP contribution in [-0.4, -0.2) is 10.1 Å². The predicted octanol–water partition coefficient (Wildman–Crippen LogP) is 4.69. The summed E-state index contributed by atoms with van der Waals surface area (Å²) >= 11 is 0. The Morgan fingerprint density at radius 2 is 1.85 bits per heavy atom. The first-order chi connectivity index (χ1) is 12.6. The average molecular weight is 345 g/mol. The maximum Gasteiger partial charge on any atom is 0.123 e. The van der Waals surface area contributed by atoms with E-state index in [1.807, 2.05) is 24.3 Å². The lowest BCUT2D eigenvalue weighted by Crippen LogP contribution is -1.98. The van der Waals surface area contributed by atoms with Crippen LogP contribution in [0.15, 0.2) is 67.4 Å². The van der Waals surface area contributed by atoms with Gasteiger partial charge >= 0.3 is 0 Å². The van der Waals surface area contributed by atoms with Gasteiger partial charge in [0.25, 0.3) is 0 Å². The number of phenolic OH excluding ortho intramolecular Hbond substituents is 1. The molecule has 0 saturated carbocycles. The molecular formula is C22H23N3O. The molecule has 1 heterocycles. The highest BCUT2D eigenvalue weighted by atomic mass is 16.3. The van der Waals surface area contributed by atoms with Crippen LogP contribution in [0.1, 0.15) is 16.8 Å². The third kappa shape index (κ3) is 4.03. The normalized spacial score (nSPS) is 10.5. The number of nitrogen functional groups attached to an aromatic ring is 1. The van der Waals surface area contributed by atoms with Crippen molar-refractivity contribution in [3.63, 3.8) is 0 Å². The number of aromatic hydroxyl groups is 1. The van der Waals surface area contributed by atoms with Crippen molar-refractivity contribution in [2.75, 3.05) is 11.1 Å². The predicted molar refractivity (Wildman–Crippen MR) is 108 cm³/mol. The van der Waals surface area contributed by atoms with Crippen LogP contribution in [0.3, 0.4) is 0 Å². The molecule has 0 atom stereocenters. The minimum Gasteiger partial charge on any atom is -0.508 e. The quantitative estimate of drug-likeness (QED) is 0.606. The molecule has 0 aliphatic heterocycles. The lowest BCUT2D eigenvalue weighted by Gasteiger charge is -2.11. The number of nitrogens with one attached hydrogen (secondary N) is 1. The number of hydrogen-bond acceptors (Lipinski definition) is 4. The van der Waals surface area contributed by atoms with Crippen LogP contribution in [0, 0.1) is 6.92 Å². The van der Waals surface area contributed by atoms with Crippen LogP contribution in [-0.2, 0) is 12.8 Å². The van der Waals surface area contributed by atoms with Crippen LogP contribution < -0.4 is 11.1 Å². The van der Waals surface area contributed by atoms with E-state index in [1.165, 1.54) is 0 Å². The zero-order valence-electron chi connectivity index (χ0n) is 14.9. The van der Waals surface area contributed by atoms with Gasteiger partial charge in [-0.15, -0.1) is 0 Å². The zero-order chi connectivity index (χ0) is 18.5. The Hall–Kier alpha value is -3.27. The molecule has 0 unspecified atom stereocenters. The number of rotatable bonds is 6. The summed E-state index contributed by atoms with van der Waals surface area (Å²) in [7, 11) is 0. The Kier molecular flexibility index (Phi) is 5.23. The van der Waals surface area contributed by atoms with Crippen molar-refractivity contribution in [1.29, 1.82) is 0 Å². The summed E-state index contributed by atoms with van der Waals surface area (Å²) in [4.78, 5) is 4.32. The molecule has 0 spiro atoms. The first-order valence-corrected chi connectivity index (χ1v) is 8.58. The van der Waals surface area contributed by atoms with E-state index < -0.39 is 0 Å². The third-order valence-electron chi connectivity index (χ3n) is 4.39. The summed E-state index contributed by atoms with van der Waals surface area (Å²) in [6.07, 6.45) is 3.09. The van der Waals surface area contributed by atoms with Crippen molar-refractivity contribution < 1.29 is 5.11 Å². The van der Waals surface area contributed by atoms with E-state index in [-0.39, 0.29) is 0 Å². The molecule has 0 amide bonds. The van der Waals surface area contributed by atoms with E-state index in [0.29, 0.717) is 18.0 Å². The van der Waals surface area contributed by atoms with Crippen molar-refractivity contribution >= 4 is 11.5 Å². The molecule has 2 aromatic carbocycles. The number of phenols is 1. The summed E-state index contributed by atoms with van der Waals surface area (Å²) in [6.45, 7) is 5.78. The highest BCUT2D eigenvalue weighted by molar-refractivity contribution is 5.71. The number of hydrogen-bond donors (Lipinski definition) is 3. The number of aromatic nitrogens is 1. The zero-order valence-corrected chi connectivity index (χ0v) is 14.9. The molecule has 0 bridgehead atoms. The smallest absolute Gasteiger partial charge is 0.123 e. The molecule has 0 aliphatic rings. The van der Waals surface area contributed by atoms with Crippen LogP contribution in [0.4, 0.5) is 11.5 Å². The Bertz CT molecular complexity index is 934. The maximum absolute atomic E-state index is 10.2. The molecule has 4 heteroatoms. The van der Waals surface area contributed by atoms with Crippen LogP contribution >= 0.6 is 0 Å². The largest absolute Gasteiger partial charge is 0.508 e. The van der Waals surface area contributed by atoms with Gasteiger partial charge < -0.3 is 16.2 Å². The summed E-state index contributed by atoms with van der Waals surface area (Å²) < 4.78 is 0. The van der Waals surface area contributed by atoms with E-state index in [9.17, 15) is 5.11 Å². The molecule has 3 rings (SSSR count). The lowest BCUT2D eigenvalue weighted by molar-refractivity contribution is 0.468. The molecule has 4 nitrogen and oxygen atoms in total. The first kappa shape index (κ1) is 17.5. The fraction of sp³-hybridized carbons (Fsp3) is 0.136. The van der Waals surface area contributed by atoms with E-state index in [1.54, 1.807) is 18.3 Å². The van der Waals surface area contributed by atoms with Crippen LogP contribution in [0.2, 0.25) is 0 Å². The minimum atomic E-state index is 0.300. The van der Waals surface area contributed by atoms with E-state index in [4.69, 9.17) is 5.73 Å². The van der Waals surface area contributed by atoms with E-state index >= 15 is 0 Å². The summed E-state index contributed by atoms with van der Waals surface area (Å²) in [5.74, 6) is 0.816. The highest BCUT2D eigenvalue weighted by Crippen LogP contribution is 2.29. The van der Waals surface area contributed by atoms with Gasteiger partial charge in [-0.3, -0.25) is 0 Å². The van der Waals surface area contributed by atoms with Gasteiger partial charge in [-0.05, 0) is 78.6 Å². The Labute approximate surface area is 154 Å². The second kappa shape index (κ2) is 7.74. The Morgan fingerprint density at radius 3 is 2.62 bits per heavy atom. The first-order valence-electron chi connectivity index (χ1n) is 8.58. The van der Waals surface area contributed by atoms with Crippen molar-refractivity contribution in [2.45, 2.75) is 19.8 Å². The molecule has 4 N–H and O–H groups in total. The standard InChI is InChI=1S/C22H23N3O/c1-3-24-20-14-17(8-7-15(20)2)16-10-12-21(26)18(13-16)9-11-19-5-4-6-22(23)25-19/h3-8,10,12-14,24,26H,1,9,11H2,2H3,(H2,23,25). The molecule has 0 saturated heterocycles. The Balaban J connectivity index is 1.85. The maximum atomic E-state index is 10.2. The molecule has 26 heavy (non-hydrogen) atoms. The molecule has 132 valence electrons. The van der Waals surface area contributed by atoms with Crippen molar-refractivity contribution in [3.05, 3.63) is 84.2 Å². The van der Waals surface area contributed by atoms with Gasteiger partial charge in [0.2, 0.25) is 0 Å². The minimum absolute atomic E-state index is 0.300. The number of nitrogens with two attached hydrogens (primary N) is 1. The van der Waals surface area contributed by atoms with Gasteiger partial charge in [0.05, 0.1) is 0 Å². The fourth-order valence-corrected chi connectivity index (χ4v) is 2.93. The van der Waals surface area contributed by atoms with Gasteiger partial charge in [0, 0.05) is 11.4 Å². The van der Waals surface area contributed by atoms with Gasteiger partial charge in [-0.25, -0.2) is 4.98 Å². The van der Waals surface area contributed by atoms with E-state index in [0.717, 1.165) is 40.1 Å².